The Hall–Kier alpha value is -1.34. The molecule has 1 aromatic rings. The Morgan fingerprint density at radius 1 is 1.41 bits per heavy atom. The summed E-state index contributed by atoms with van der Waals surface area (Å²) in [5, 5.41) is 5.53. The summed E-state index contributed by atoms with van der Waals surface area (Å²) in [6.07, 6.45) is -4.65. The number of alkyl halides is 3. The minimum atomic E-state index is -4.65. The predicted octanol–water partition coefficient (Wildman–Crippen LogP) is 2.74. The van der Waals surface area contributed by atoms with E-state index in [9.17, 15) is 22.4 Å². The highest BCUT2D eigenvalue weighted by Crippen LogP contribution is 2.32. The van der Waals surface area contributed by atoms with Crippen molar-refractivity contribution in [2.45, 2.75) is 19.6 Å². The molecular formula is C14H17ClF4N2O. The molecule has 0 radical (unpaired) electrons. The Balaban J connectivity index is 0.00000242. The number of benzene rings is 1. The van der Waals surface area contributed by atoms with E-state index in [2.05, 4.69) is 10.6 Å². The fourth-order valence-electron chi connectivity index (χ4n) is 2.19. The van der Waals surface area contributed by atoms with Gasteiger partial charge < -0.3 is 10.6 Å². The van der Waals surface area contributed by atoms with Crippen molar-refractivity contribution in [2.24, 2.45) is 11.8 Å². The maximum absolute atomic E-state index is 13.0. The molecule has 1 heterocycles. The molecule has 1 aliphatic rings. The molecule has 22 heavy (non-hydrogen) atoms. The van der Waals surface area contributed by atoms with Crippen molar-refractivity contribution < 1.29 is 22.4 Å². The van der Waals surface area contributed by atoms with E-state index in [1.165, 1.54) is 0 Å². The van der Waals surface area contributed by atoms with E-state index in [0.29, 0.717) is 6.07 Å². The van der Waals surface area contributed by atoms with Crippen molar-refractivity contribution in [1.82, 2.24) is 10.6 Å². The molecule has 1 saturated heterocycles. The monoisotopic (exact) mass is 340 g/mol. The maximum atomic E-state index is 13.0. The lowest BCUT2D eigenvalue weighted by Gasteiger charge is -2.31. The number of rotatable bonds is 4. The van der Waals surface area contributed by atoms with E-state index in [1.807, 2.05) is 0 Å². The molecule has 1 unspecified atom stereocenters. The zero-order chi connectivity index (χ0) is 15.6. The highest BCUT2D eigenvalue weighted by atomic mass is 35.5. The van der Waals surface area contributed by atoms with Crippen LogP contribution in [0.4, 0.5) is 17.6 Å². The zero-order valence-corrected chi connectivity index (χ0v) is 12.7. The molecule has 1 atom stereocenters. The van der Waals surface area contributed by atoms with E-state index >= 15 is 0 Å². The Morgan fingerprint density at radius 3 is 2.55 bits per heavy atom. The molecule has 0 bridgehead atoms. The van der Waals surface area contributed by atoms with Gasteiger partial charge in [-0.2, -0.15) is 13.2 Å². The standard InChI is InChI=1S/C14H16F4N2O.ClH/c1-8(10-5-19-6-10)13(21)20-7-9-2-3-11(15)4-12(9)14(16,17)18;/h2-4,8,10,19H,5-7H2,1H3,(H,20,21);1H. The first-order valence-corrected chi connectivity index (χ1v) is 6.63. The molecule has 1 aliphatic heterocycles. The Bertz CT molecular complexity index is 532. The molecule has 1 amide bonds. The van der Waals surface area contributed by atoms with Crippen LogP contribution in [0.2, 0.25) is 0 Å². The van der Waals surface area contributed by atoms with E-state index in [0.717, 1.165) is 25.2 Å². The summed E-state index contributed by atoms with van der Waals surface area (Å²) < 4.78 is 51.4. The molecule has 1 fully saturated rings. The van der Waals surface area contributed by atoms with Gasteiger partial charge >= 0.3 is 6.18 Å². The van der Waals surface area contributed by atoms with Crippen LogP contribution in [0.25, 0.3) is 0 Å². The molecule has 0 spiro atoms. The zero-order valence-electron chi connectivity index (χ0n) is 11.8. The summed E-state index contributed by atoms with van der Waals surface area (Å²) in [6, 6.07) is 2.45. The number of hydrogen-bond acceptors (Lipinski definition) is 2. The highest BCUT2D eigenvalue weighted by Gasteiger charge is 2.34. The van der Waals surface area contributed by atoms with Crippen molar-refractivity contribution in [2.75, 3.05) is 13.1 Å². The molecule has 2 N–H and O–H groups in total. The van der Waals surface area contributed by atoms with Crippen LogP contribution in [-0.2, 0) is 17.5 Å². The van der Waals surface area contributed by atoms with Gasteiger partial charge in [-0.25, -0.2) is 4.39 Å². The van der Waals surface area contributed by atoms with E-state index in [-0.39, 0.29) is 42.3 Å². The third kappa shape index (κ3) is 4.33. The number of halogens is 5. The van der Waals surface area contributed by atoms with Gasteiger partial charge in [-0.15, -0.1) is 12.4 Å². The normalized spacial score (nSPS) is 16.4. The SMILES string of the molecule is CC(C(=O)NCc1ccc(F)cc1C(F)(F)F)C1CNC1.Cl. The molecule has 0 saturated carbocycles. The van der Waals surface area contributed by atoms with Crippen LogP contribution in [0.3, 0.4) is 0 Å². The molecule has 8 heteroatoms. The summed E-state index contributed by atoms with van der Waals surface area (Å²) in [5.74, 6) is -1.30. The summed E-state index contributed by atoms with van der Waals surface area (Å²) in [4.78, 5) is 11.9. The summed E-state index contributed by atoms with van der Waals surface area (Å²) in [6.45, 7) is 2.95. The number of amides is 1. The average molecular weight is 341 g/mol. The summed E-state index contributed by atoms with van der Waals surface area (Å²) in [7, 11) is 0. The Labute approximate surface area is 131 Å². The second-order valence-electron chi connectivity index (χ2n) is 5.22. The van der Waals surface area contributed by atoms with E-state index in [4.69, 9.17) is 0 Å². The Kier molecular flexibility index (Phi) is 6.19. The van der Waals surface area contributed by atoms with Crippen molar-refractivity contribution >= 4 is 18.3 Å². The quantitative estimate of drug-likeness (QED) is 0.828. The molecule has 0 aliphatic carbocycles. The fourth-order valence-corrected chi connectivity index (χ4v) is 2.19. The minimum absolute atomic E-state index is 0. The second-order valence-corrected chi connectivity index (χ2v) is 5.22. The topological polar surface area (TPSA) is 41.1 Å². The van der Waals surface area contributed by atoms with Crippen LogP contribution >= 0.6 is 12.4 Å². The number of carbonyl (C=O) groups excluding carboxylic acids is 1. The summed E-state index contributed by atoms with van der Waals surface area (Å²) in [5.41, 5.74) is -1.20. The maximum Gasteiger partial charge on any atom is 0.416 e. The number of hydrogen-bond donors (Lipinski definition) is 2. The van der Waals surface area contributed by atoms with Crippen molar-refractivity contribution in [1.29, 1.82) is 0 Å². The Morgan fingerprint density at radius 2 is 2.05 bits per heavy atom. The van der Waals surface area contributed by atoms with Gasteiger partial charge in [-0.1, -0.05) is 13.0 Å². The third-order valence-electron chi connectivity index (χ3n) is 3.76. The smallest absolute Gasteiger partial charge is 0.352 e. The molecule has 3 nitrogen and oxygen atoms in total. The van der Waals surface area contributed by atoms with Gasteiger partial charge in [0.15, 0.2) is 0 Å². The second kappa shape index (κ2) is 7.28. The van der Waals surface area contributed by atoms with Gasteiger partial charge in [-0.05, 0) is 36.7 Å². The van der Waals surface area contributed by atoms with Crippen LogP contribution in [0.1, 0.15) is 18.1 Å². The molecule has 2 rings (SSSR count). The highest BCUT2D eigenvalue weighted by molar-refractivity contribution is 5.85. The average Bonchev–Trinajstić information content (AvgIpc) is 2.33. The first-order valence-electron chi connectivity index (χ1n) is 6.63. The van der Waals surface area contributed by atoms with Gasteiger partial charge in [0, 0.05) is 12.5 Å². The van der Waals surface area contributed by atoms with Crippen LogP contribution in [-0.4, -0.2) is 19.0 Å². The molecule has 0 aromatic heterocycles. The van der Waals surface area contributed by atoms with Gasteiger partial charge in [0.05, 0.1) is 5.56 Å². The van der Waals surface area contributed by atoms with Gasteiger partial charge in [0.1, 0.15) is 5.82 Å². The lowest BCUT2D eigenvalue weighted by molar-refractivity contribution is -0.138. The van der Waals surface area contributed by atoms with Gasteiger partial charge in [0.2, 0.25) is 5.91 Å². The molecule has 1 aromatic carbocycles. The minimum Gasteiger partial charge on any atom is -0.352 e. The van der Waals surface area contributed by atoms with Crippen molar-refractivity contribution in [3.05, 3.63) is 35.1 Å². The van der Waals surface area contributed by atoms with Crippen LogP contribution in [0.15, 0.2) is 18.2 Å². The van der Waals surface area contributed by atoms with Crippen molar-refractivity contribution in [3.63, 3.8) is 0 Å². The van der Waals surface area contributed by atoms with Crippen LogP contribution in [0.5, 0.6) is 0 Å². The van der Waals surface area contributed by atoms with Crippen LogP contribution in [0, 0.1) is 17.7 Å². The lowest BCUT2D eigenvalue weighted by atomic mass is 9.88. The van der Waals surface area contributed by atoms with E-state index in [1.54, 1.807) is 6.92 Å². The lowest BCUT2D eigenvalue weighted by Crippen LogP contribution is -2.49. The number of carbonyl (C=O) groups is 1. The van der Waals surface area contributed by atoms with E-state index < -0.39 is 17.6 Å². The van der Waals surface area contributed by atoms with Gasteiger partial charge in [-0.3, -0.25) is 4.79 Å². The van der Waals surface area contributed by atoms with Gasteiger partial charge in [0.25, 0.3) is 0 Å². The van der Waals surface area contributed by atoms with Crippen molar-refractivity contribution in [3.8, 4) is 0 Å². The first-order chi connectivity index (χ1) is 9.79. The third-order valence-corrected chi connectivity index (χ3v) is 3.76. The predicted molar refractivity (Wildman–Crippen MR) is 76.0 cm³/mol. The van der Waals surface area contributed by atoms with Crippen LogP contribution < -0.4 is 10.6 Å². The first kappa shape index (κ1) is 18.7. The number of nitrogens with one attached hydrogen (secondary N) is 2. The fraction of sp³-hybridized carbons (Fsp3) is 0.500. The summed E-state index contributed by atoms with van der Waals surface area (Å²) >= 11 is 0. The molecular weight excluding hydrogens is 324 g/mol. The molecule has 124 valence electrons. The largest absolute Gasteiger partial charge is 0.416 e.